The van der Waals surface area contributed by atoms with E-state index in [-0.39, 0.29) is 18.1 Å². The summed E-state index contributed by atoms with van der Waals surface area (Å²) in [5, 5.41) is 9.43. The van der Waals surface area contributed by atoms with Crippen LogP contribution >= 0.6 is 0 Å². The largest absolute Gasteiger partial charge is 0.508 e. The van der Waals surface area contributed by atoms with Gasteiger partial charge in [-0.15, -0.1) is 0 Å². The molecule has 0 fully saturated rings. The molecule has 1 aromatic carbocycles. The van der Waals surface area contributed by atoms with E-state index in [1.165, 1.54) is 7.11 Å². The summed E-state index contributed by atoms with van der Waals surface area (Å²) in [6.07, 6.45) is 0.114. The highest BCUT2D eigenvalue weighted by Crippen LogP contribution is 2.18. The molecule has 1 rings (SSSR count). The van der Waals surface area contributed by atoms with Crippen LogP contribution in [0.25, 0.3) is 0 Å². The number of hydrogen-bond acceptors (Lipinski definition) is 3. The van der Waals surface area contributed by atoms with Crippen LogP contribution in [0.5, 0.6) is 5.75 Å². The average molecular weight is 210 g/mol. The number of hydrogen-bond donors (Lipinski definition) is 1. The second-order valence-electron chi connectivity index (χ2n) is 2.89. The number of ether oxygens (including phenoxy) is 1. The van der Waals surface area contributed by atoms with Crippen molar-refractivity contribution in [1.29, 1.82) is 0 Å². The number of benzene rings is 1. The van der Waals surface area contributed by atoms with E-state index in [4.69, 9.17) is 0 Å². The molecule has 1 N–H and O–H groups in total. The fourth-order valence-corrected chi connectivity index (χ4v) is 1.05. The van der Waals surface area contributed by atoms with E-state index in [0.29, 0.717) is 5.56 Å². The van der Waals surface area contributed by atoms with Gasteiger partial charge in [0.15, 0.2) is 0 Å². The first kappa shape index (κ1) is 13.5. The van der Waals surface area contributed by atoms with Crippen LogP contribution in [0.4, 0.5) is 0 Å². The lowest BCUT2D eigenvalue weighted by atomic mass is 10.1. The first-order valence-corrected chi connectivity index (χ1v) is 4.99. The highest BCUT2D eigenvalue weighted by Gasteiger charge is 2.06. The predicted molar refractivity (Wildman–Crippen MR) is 59.9 cm³/mol. The SMILES string of the molecule is CC.COC(=O)Cc1ccc(C)cc1O. The lowest BCUT2D eigenvalue weighted by molar-refractivity contribution is -0.139. The number of phenolic OH excluding ortho intramolecular Hbond substituents is 1. The maximum atomic E-state index is 10.9. The summed E-state index contributed by atoms with van der Waals surface area (Å²) in [4.78, 5) is 10.9. The average Bonchev–Trinajstić information content (AvgIpc) is 2.25. The van der Waals surface area contributed by atoms with Gasteiger partial charge in [0.1, 0.15) is 5.75 Å². The van der Waals surface area contributed by atoms with E-state index in [1.807, 2.05) is 26.8 Å². The normalized spacial score (nSPS) is 8.80. The van der Waals surface area contributed by atoms with E-state index < -0.39 is 0 Å². The third kappa shape index (κ3) is 4.49. The molecule has 0 aliphatic heterocycles. The lowest BCUT2D eigenvalue weighted by Gasteiger charge is -2.03. The number of methoxy groups -OCH3 is 1. The van der Waals surface area contributed by atoms with Crippen molar-refractivity contribution >= 4 is 5.97 Å². The number of rotatable bonds is 2. The molecule has 3 heteroatoms. The second-order valence-corrected chi connectivity index (χ2v) is 2.89. The van der Waals surface area contributed by atoms with Crippen molar-refractivity contribution in [1.82, 2.24) is 0 Å². The third-order valence-electron chi connectivity index (χ3n) is 1.80. The molecule has 0 aliphatic rings. The van der Waals surface area contributed by atoms with Gasteiger partial charge >= 0.3 is 5.97 Å². The highest BCUT2D eigenvalue weighted by atomic mass is 16.5. The van der Waals surface area contributed by atoms with Gasteiger partial charge in [0.25, 0.3) is 0 Å². The number of aryl methyl sites for hydroxylation is 1. The molecule has 0 spiro atoms. The van der Waals surface area contributed by atoms with Gasteiger partial charge in [-0.25, -0.2) is 0 Å². The summed E-state index contributed by atoms with van der Waals surface area (Å²) in [6, 6.07) is 5.19. The molecule has 84 valence electrons. The molecule has 0 aromatic heterocycles. The van der Waals surface area contributed by atoms with Gasteiger partial charge in [-0.2, -0.15) is 0 Å². The topological polar surface area (TPSA) is 46.5 Å². The van der Waals surface area contributed by atoms with Gasteiger partial charge in [0.05, 0.1) is 13.5 Å². The maximum absolute atomic E-state index is 10.9. The van der Waals surface area contributed by atoms with Crippen LogP contribution in [0, 0.1) is 6.92 Å². The zero-order valence-corrected chi connectivity index (χ0v) is 9.70. The summed E-state index contributed by atoms with van der Waals surface area (Å²) >= 11 is 0. The Bertz CT molecular complexity index is 319. The lowest BCUT2D eigenvalue weighted by Crippen LogP contribution is -2.04. The molecule has 0 aliphatic carbocycles. The maximum Gasteiger partial charge on any atom is 0.310 e. The molecule has 0 atom stereocenters. The zero-order valence-electron chi connectivity index (χ0n) is 9.70. The number of carbonyl (C=O) groups excluding carboxylic acids is 1. The minimum absolute atomic E-state index is 0.114. The minimum Gasteiger partial charge on any atom is -0.508 e. The van der Waals surface area contributed by atoms with Gasteiger partial charge < -0.3 is 9.84 Å². The summed E-state index contributed by atoms with van der Waals surface area (Å²) < 4.78 is 4.49. The standard InChI is InChI=1S/C10H12O3.C2H6/c1-7-3-4-8(9(11)5-7)6-10(12)13-2;1-2/h3-5,11H,6H2,1-2H3;1-2H3. The molecule has 0 heterocycles. The number of aromatic hydroxyl groups is 1. The molecule has 0 unspecified atom stereocenters. The van der Waals surface area contributed by atoms with Crippen molar-refractivity contribution in [2.45, 2.75) is 27.2 Å². The molecule has 1 aromatic rings. The van der Waals surface area contributed by atoms with E-state index in [9.17, 15) is 9.90 Å². The van der Waals surface area contributed by atoms with E-state index in [0.717, 1.165) is 5.56 Å². The van der Waals surface area contributed by atoms with Gasteiger partial charge in [0.2, 0.25) is 0 Å². The van der Waals surface area contributed by atoms with Crippen LogP contribution < -0.4 is 0 Å². The van der Waals surface area contributed by atoms with Gasteiger partial charge in [-0.3, -0.25) is 4.79 Å². The Kier molecular flexibility index (Phi) is 6.18. The Balaban J connectivity index is 0.000000921. The molecule has 0 radical (unpaired) electrons. The van der Waals surface area contributed by atoms with Gasteiger partial charge in [-0.1, -0.05) is 26.0 Å². The first-order valence-electron chi connectivity index (χ1n) is 4.99. The molecule has 3 nitrogen and oxygen atoms in total. The van der Waals surface area contributed by atoms with Crippen molar-refractivity contribution < 1.29 is 14.6 Å². The summed E-state index contributed by atoms with van der Waals surface area (Å²) in [5.41, 5.74) is 1.56. The summed E-state index contributed by atoms with van der Waals surface area (Å²) in [5.74, 6) is -0.204. The Morgan fingerprint density at radius 1 is 1.40 bits per heavy atom. The fourth-order valence-electron chi connectivity index (χ4n) is 1.05. The van der Waals surface area contributed by atoms with Crippen molar-refractivity contribution in [3.05, 3.63) is 29.3 Å². The Morgan fingerprint density at radius 3 is 2.47 bits per heavy atom. The molecule has 15 heavy (non-hydrogen) atoms. The molecule has 0 saturated heterocycles. The van der Waals surface area contributed by atoms with Gasteiger partial charge in [-0.05, 0) is 18.6 Å². The monoisotopic (exact) mass is 210 g/mol. The summed E-state index contributed by atoms with van der Waals surface area (Å²) in [6.45, 7) is 5.88. The zero-order chi connectivity index (χ0) is 11.8. The van der Waals surface area contributed by atoms with Crippen LogP contribution in [0.2, 0.25) is 0 Å². The van der Waals surface area contributed by atoms with Crippen LogP contribution in [-0.2, 0) is 16.0 Å². The fraction of sp³-hybridized carbons (Fsp3) is 0.417. The Hall–Kier alpha value is -1.51. The number of phenols is 1. The van der Waals surface area contributed by atoms with Crippen molar-refractivity contribution in [3.63, 3.8) is 0 Å². The van der Waals surface area contributed by atoms with E-state index in [2.05, 4.69) is 4.74 Å². The van der Waals surface area contributed by atoms with E-state index >= 15 is 0 Å². The molecule has 0 amide bonds. The number of esters is 1. The molecule has 0 saturated carbocycles. The van der Waals surface area contributed by atoms with Crippen molar-refractivity contribution in [2.75, 3.05) is 7.11 Å². The van der Waals surface area contributed by atoms with Crippen LogP contribution in [0.15, 0.2) is 18.2 Å². The molecule has 0 bridgehead atoms. The quantitative estimate of drug-likeness (QED) is 0.763. The Labute approximate surface area is 90.7 Å². The van der Waals surface area contributed by atoms with Gasteiger partial charge in [0, 0.05) is 5.56 Å². The van der Waals surface area contributed by atoms with Crippen LogP contribution in [-0.4, -0.2) is 18.2 Å². The summed E-state index contributed by atoms with van der Waals surface area (Å²) in [7, 11) is 1.33. The number of carbonyl (C=O) groups is 1. The predicted octanol–water partition coefficient (Wildman–Crippen LogP) is 2.44. The molecular weight excluding hydrogens is 192 g/mol. The molecular formula is C12H18O3. The van der Waals surface area contributed by atoms with E-state index in [1.54, 1.807) is 12.1 Å². The van der Waals surface area contributed by atoms with Crippen molar-refractivity contribution in [2.24, 2.45) is 0 Å². The highest BCUT2D eigenvalue weighted by molar-refractivity contribution is 5.73. The van der Waals surface area contributed by atoms with Crippen LogP contribution in [0.1, 0.15) is 25.0 Å². The smallest absolute Gasteiger partial charge is 0.310 e. The Morgan fingerprint density at radius 2 is 2.00 bits per heavy atom. The first-order chi connectivity index (χ1) is 7.13. The second kappa shape index (κ2) is 6.87. The minimum atomic E-state index is -0.348. The third-order valence-corrected chi connectivity index (χ3v) is 1.80. The van der Waals surface area contributed by atoms with Crippen LogP contribution in [0.3, 0.4) is 0 Å². The van der Waals surface area contributed by atoms with Crippen molar-refractivity contribution in [3.8, 4) is 5.75 Å².